The van der Waals surface area contributed by atoms with E-state index in [9.17, 15) is 13.2 Å². The van der Waals surface area contributed by atoms with Gasteiger partial charge in [0.1, 0.15) is 5.75 Å². The van der Waals surface area contributed by atoms with Gasteiger partial charge in [-0.05, 0) is 54.8 Å². The van der Waals surface area contributed by atoms with Crippen molar-refractivity contribution in [2.75, 3.05) is 31.0 Å². The zero-order valence-corrected chi connectivity index (χ0v) is 18.6. The fraction of sp³-hybridized carbons (Fsp3) is 0.318. The number of benzene rings is 2. The highest BCUT2D eigenvalue weighted by molar-refractivity contribution is 7.92. The average molecular weight is 449 g/mol. The predicted molar refractivity (Wildman–Crippen MR) is 119 cm³/mol. The van der Waals surface area contributed by atoms with Crippen LogP contribution in [0.3, 0.4) is 0 Å². The summed E-state index contributed by atoms with van der Waals surface area (Å²) >= 11 is 6.26. The number of carbonyl (C=O) groups is 1. The summed E-state index contributed by atoms with van der Waals surface area (Å²) in [6.45, 7) is 7.11. The molecular formula is C22H25ClN2O4S. The van der Waals surface area contributed by atoms with E-state index in [-0.39, 0.29) is 27.9 Å². The van der Waals surface area contributed by atoms with Gasteiger partial charge in [0.05, 0.1) is 34.8 Å². The van der Waals surface area contributed by atoms with Crippen LogP contribution in [0.15, 0.2) is 60.0 Å². The molecular weight excluding hydrogens is 424 g/mol. The Morgan fingerprint density at radius 2 is 2.00 bits per heavy atom. The van der Waals surface area contributed by atoms with Crippen molar-refractivity contribution in [1.29, 1.82) is 0 Å². The van der Waals surface area contributed by atoms with Crippen molar-refractivity contribution in [2.45, 2.75) is 18.2 Å². The second-order valence-electron chi connectivity index (χ2n) is 7.31. The Kier molecular flexibility index (Phi) is 6.73. The first-order valence-corrected chi connectivity index (χ1v) is 11.5. The maximum atomic E-state index is 13.4. The van der Waals surface area contributed by atoms with Crippen molar-refractivity contribution in [3.05, 3.63) is 65.7 Å². The number of rotatable bonds is 7. The number of carbonyl (C=O) groups excluding carboxylic acids is 1. The number of likely N-dealkylation sites (tertiary alicyclic amines) is 1. The molecule has 2 aromatic rings. The van der Waals surface area contributed by atoms with Crippen LogP contribution in [0.4, 0.5) is 5.69 Å². The van der Waals surface area contributed by atoms with Crippen molar-refractivity contribution < 1.29 is 17.9 Å². The summed E-state index contributed by atoms with van der Waals surface area (Å²) in [5, 5.41) is 0.234. The van der Waals surface area contributed by atoms with Crippen molar-refractivity contribution in [3.8, 4) is 5.75 Å². The number of methoxy groups -OCH3 is 1. The van der Waals surface area contributed by atoms with Crippen molar-refractivity contribution in [1.82, 2.24) is 4.90 Å². The van der Waals surface area contributed by atoms with E-state index < -0.39 is 10.0 Å². The largest absolute Gasteiger partial charge is 0.497 e. The van der Waals surface area contributed by atoms with Crippen LogP contribution in [0.25, 0.3) is 0 Å². The number of amides is 1. The molecule has 1 aliphatic rings. The lowest BCUT2D eigenvalue weighted by atomic mass is 10.2. The van der Waals surface area contributed by atoms with E-state index in [4.69, 9.17) is 16.3 Å². The molecule has 2 aromatic carbocycles. The number of hydrogen-bond donors (Lipinski definition) is 0. The molecule has 0 spiro atoms. The number of sulfonamides is 1. The predicted octanol–water partition coefficient (Wildman–Crippen LogP) is 4.21. The molecule has 0 N–H and O–H groups in total. The normalized spacial score (nSPS) is 16.4. The molecule has 0 bridgehead atoms. The lowest BCUT2D eigenvalue weighted by Gasteiger charge is -2.24. The van der Waals surface area contributed by atoms with Gasteiger partial charge in [-0.3, -0.25) is 9.10 Å². The monoisotopic (exact) mass is 448 g/mol. The molecule has 1 heterocycles. The Bertz CT molecular complexity index is 1040. The van der Waals surface area contributed by atoms with Gasteiger partial charge in [0.2, 0.25) is 0 Å². The van der Waals surface area contributed by atoms with Crippen LogP contribution in [-0.4, -0.2) is 46.0 Å². The highest BCUT2D eigenvalue weighted by Crippen LogP contribution is 2.29. The topological polar surface area (TPSA) is 66.9 Å². The average Bonchev–Trinajstić information content (AvgIpc) is 3.18. The highest BCUT2D eigenvalue weighted by Gasteiger charge is 2.29. The van der Waals surface area contributed by atoms with Gasteiger partial charge >= 0.3 is 0 Å². The third-order valence-corrected chi connectivity index (χ3v) is 7.24. The van der Waals surface area contributed by atoms with Crippen molar-refractivity contribution in [3.63, 3.8) is 0 Å². The first-order chi connectivity index (χ1) is 14.3. The summed E-state index contributed by atoms with van der Waals surface area (Å²) in [4.78, 5) is 14.6. The summed E-state index contributed by atoms with van der Waals surface area (Å²) in [6.07, 6.45) is 2.43. The van der Waals surface area contributed by atoms with E-state index in [0.717, 1.165) is 6.42 Å². The molecule has 0 radical (unpaired) electrons. The first-order valence-electron chi connectivity index (χ1n) is 9.64. The van der Waals surface area contributed by atoms with E-state index in [0.29, 0.717) is 30.4 Å². The maximum absolute atomic E-state index is 13.4. The molecule has 0 saturated carbocycles. The lowest BCUT2D eigenvalue weighted by Crippen LogP contribution is -2.32. The second-order valence-corrected chi connectivity index (χ2v) is 9.58. The van der Waals surface area contributed by atoms with E-state index in [1.807, 2.05) is 0 Å². The van der Waals surface area contributed by atoms with Crippen LogP contribution in [-0.2, 0) is 10.0 Å². The zero-order chi connectivity index (χ0) is 21.9. The number of ether oxygens (including phenoxy) is 1. The molecule has 1 atom stereocenters. The van der Waals surface area contributed by atoms with Gasteiger partial charge in [0, 0.05) is 13.1 Å². The molecule has 1 saturated heterocycles. The summed E-state index contributed by atoms with van der Waals surface area (Å²) in [5.74, 6) is 0.785. The van der Waals surface area contributed by atoms with E-state index in [1.165, 1.54) is 28.6 Å². The minimum Gasteiger partial charge on any atom is -0.497 e. The van der Waals surface area contributed by atoms with Crippen LogP contribution in [0.1, 0.15) is 23.7 Å². The molecule has 3 rings (SSSR count). The molecule has 0 aromatic heterocycles. The van der Waals surface area contributed by atoms with Gasteiger partial charge in [-0.2, -0.15) is 0 Å². The molecule has 1 fully saturated rings. The van der Waals surface area contributed by atoms with Crippen LogP contribution in [0, 0.1) is 5.92 Å². The molecule has 6 nitrogen and oxygen atoms in total. The Morgan fingerprint density at radius 3 is 2.57 bits per heavy atom. The Balaban J connectivity index is 1.99. The third kappa shape index (κ3) is 4.47. The summed E-state index contributed by atoms with van der Waals surface area (Å²) in [7, 11) is -2.41. The number of anilines is 1. The van der Waals surface area contributed by atoms with Gasteiger partial charge < -0.3 is 9.64 Å². The standard InChI is InChI=1S/C22H25ClN2O4S/c1-4-12-25(17-5-7-18(29-3)8-6-17)30(27,28)19-9-10-21(23)20(14-19)22(26)24-13-11-16(2)15-24/h4-10,14,16H,1,11-13,15H2,2-3H3. The second kappa shape index (κ2) is 9.10. The first kappa shape index (κ1) is 22.2. The van der Waals surface area contributed by atoms with Crippen LogP contribution in [0.2, 0.25) is 5.02 Å². The van der Waals surface area contributed by atoms with Gasteiger partial charge in [-0.15, -0.1) is 6.58 Å². The van der Waals surface area contributed by atoms with Crippen molar-refractivity contribution >= 4 is 33.2 Å². The minimum atomic E-state index is -3.95. The molecule has 8 heteroatoms. The third-order valence-electron chi connectivity index (χ3n) is 5.12. The number of hydrogen-bond acceptors (Lipinski definition) is 4. The van der Waals surface area contributed by atoms with Crippen LogP contribution in [0.5, 0.6) is 5.75 Å². The van der Waals surface area contributed by atoms with Gasteiger partial charge in [0.15, 0.2) is 0 Å². The summed E-state index contributed by atoms with van der Waals surface area (Å²) in [6, 6.07) is 10.9. The fourth-order valence-electron chi connectivity index (χ4n) is 3.45. The Hall–Kier alpha value is -2.51. The molecule has 1 unspecified atom stereocenters. The van der Waals surface area contributed by atoms with Crippen LogP contribution < -0.4 is 9.04 Å². The quantitative estimate of drug-likeness (QED) is 0.595. The van der Waals surface area contributed by atoms with Crippen LogP contribution >= 0.6 is 11.6 Å². The lowest BCUT2D eigenvalue weighted by molar-refractivity contribution is 0.0788. The SMILES string of the molecule is C=CCN(c1ccc(OC)cc1)S(=O)(=O)c1ccc(Cl)c(C(=O)N2CCC(C)C2)c1. The fourth-order valence-corrected chi connectivity index (χ4v) is 5.11. The van der Waals surface area contributed by atoms with Crippen molar-refractivity contribution in [2.24, 2.45) is 5.92 Å². The molecule has 1 aliphatic heterocycles. The van der Waals surface area contributed by atoms with Gasteiger partial charge in [-0.1, -0.05) is 24.6 Å². The summed E-state index contributed by atoms with van der Waals surface area (Å²) < 4.78 is 33.2. The molecule has 0 aliphatic carbocycles. The molecule has 30 heavy (non-hydrogen) atoms. The van der Waals surface area contributed by atoms with E-state index in [1.54, 1.807) is 36.3 Å². The highest BCUT2D eigenvalue weighted by atomic mass is 35.5. The summed E-state index contributed by atoms with van der Waals surface area (Å²) in [5.41, 5.74) is 0.659. The Morgan fingerprint density at radius 1 is 1.30 bits per heavy atom. The maximum Gasteiger partial charge on any atom is 0.264 e. The number of halogens is 1. The molecule has 160 valence electrons. The van der Waals surface area contributed by atoms with E-state index in [2.05, 4.69) is 13.5 Å². The molecule has 1 amide bonds. The minimum absolute atomic E-state index is 0.000151. The van der Waals surface area contributed by atoms with Gasteiger partial charge in [0.25, 0.3) is 15.9 Å². The van der Waals surface area contributed by atoms with E-state index >= 15 is 0 Å². The Labute approximate surface area is 182 Å². The number of nitrogens with zero attached hydrogens (tertiary/aromatic N) is 2. The van der Waals surface area contributed by atoms with Gasteiger partial charge in [-0.25, -0.2) is 8.42 Å². The smallest absolute Gasteiger partial charge is 0.264 e. The zero-order valence-electron chi connectivity index (χ0n) is 17.0.